The Balaban J connectivity index is 2.24. The SMILES string of the molecule is COC(=O)C/C=C/c1cc(Cl)c(Cc2ccc(OPI)c(C(C)C)c2)c(Cl)c1. The maximum atomic E-state index is 11.2. The standard InChI is InChI=1S/C21H22Cl2IO3P/c1-13(2)16-9-15(7-8-20(16)27-28-24)10-17-18(22)11-14(12-19(17)23)5-4-6-21(25)26-3/h4-5,7-9,11-13,28H,6,10H2,1-3H3/b5-4+. The van der Waals surface area contributed by atoms with Crippen LogP contribution in [0.1, 0.15) is 48.4 Å². The Labute approximate surface area is 191 Å². The zero-order valence-corrected chi connectivity index (χ0v) is 20.6. The summed E-state index contributed by atoms with van der Waals surface area (Å²) in [6.45, 7) is 4.68. The molecule has 28 heavy (non-hydrogen) atoms. The molecule has 0 spiro atoms. The molecule has 0 saturated carbocycles. The average molecular weight is 551 g/mol. The Morgan fingerprint density at radius 1 is 1.21 bits per heavy atom. The summed E-state index contributed by atoms with van der Waals surface area (Å²) >= 11 is 15.2. The van der Waals surface area contributed by atoms with Gasteiger partial charge in [-0.1, -0.05) is 61.3 Å². The third-order valence-corrected chi connectivity index (χ3v) is 5.84. The number of carbonyl (C=O) groups excluding carboxylic acids is 1. The first-order valence-electron chi connectivity index (χ1n) is 8.72. The van der Waals surface area contributed by atoms with Gasteiger partial charge in [0.2, 0.25) is 0 Å². The van der Waals surface area contributed by atoms with Gasteiger partial charge in [0.15, 0.2) is 0 Å². The monoisotopic (exact) mass is 550 g/mol. The van der Waals surface area contributed by atoms with E-state index in [2.05, 4.69) is 52.8 Å². The molecule has 0 aliphatic carbocycles. The van der Waals surface area contributed by atoms with Crippen LogP contribution in [0.15, 0.2) is 36.4 Å². The van der Waals surface area contributed by atoms with Gasteiger partial charge in [0.05, 0.1) is 13.5 Å². The summed E-state index contributed by atoms with van der Waals surface area (Å²) in [4.78, 5) is 11.2. The number of ether oxygens (including phenoxy) is 1. The van der Waals surface area contributed by atoms with Gasteiger partial charge in [0, 0.05) is 16.5 Å². The summed E-state index contributed by atoms with van der Waals surface area (Å²) in [6.07, 6.45) is 4.38. The molecule has 2 rings (SSSR count). The molecule has 2 aromatic rings. The van der Waals surface area contributed by atoms with E-state index in [-0.39, 0.29) is 12.4 Å². The van der Waals surface area contributed by atoms with Crippen LogP contribution in [0.5, 0.6) is 5.75 Å². The van der Waals surface area contributed by atoms with Crippen LogP contribution in [0.2, 0.25) is 10.0 Å². The Kier molecular flexibility index (Phi) is 9.55. The lowest BCUT2D eigenvalue weighted by atomic mass is 9.96. The number of methoxy groups -OCH3 is 1. The van der Waals surface area contributed by atoms with Crippen LogP contribution in [0, 0.1) is 0 Å². The topological polar surface area (TPSA) is 35.5 Å². The molecule has 0 aromatic heterocycles. The van der Waals surface area contributed by atoms with Crippen molar-refractivity contribution in [1.29, 1.82) is 0 Å². The number of carbonyl (C=O) groups is 1. The fourth-order valence-corrected chi connectivity index (χ4v) is 4.38. The minimum atomic E-state index is -0.290. The number of halogens is 3. The van der Waals surface area contributed by atoms with Gasteiger partial charge >= 0.3 is 5.97 Å². The van der Waals surface area contributed by atoms with Gasteiger partial charge in [-0.2, -0.15) is 0 Å². The van der Waals surface area contributed by atoms with E-state index in [9.17, 15) is 4.79 Å². The first-order chi connectivity index (χ1) is 13.3. The lowest BCUT2D eigenvalue weighted by molar-refractivity contribution is -0.139. The van der Waals surface area contributed by atoms with Gasteiger partial charge in [-0.25, -0.2) is 0 Å². The second-order valence-electron chi connectivity index (χ2n) is 6.53. The number of esters is 1. The summed E-state index contributed by atoms with van der Waals surface area (Å²) < 4.78 is 10.4. The van der Waals surface area contributed by atoms with E-state index in [4.69, 9.17) is 27.7 Å². The van der Waals surface area contributed by atoms with Gasteiger partial charge in [0.25, 0.3) is 0 Å². The predicted molar refractivity (Wildman–Crippen MR) is 128 cm³/mol. The Bertz CT molecular complexity index is 846. The van der Waals surface area contributed by atoms with Crippen LogP contribution in [0.3, 0.4) is 0 Å². The van der Waals surface area contributed by atoms with Crippen molar-refractivity contribution in [1.82, 2.24) is 0 Å². The molecule has 0 fully saturated rings. The average Bonchev–Trinajstić information content (AvgIpc) is 2.65. The number of hydrogen-bond donors (Lipinski definition) is 0. The second kappa shape index (κ2) is 11.4. The fraction of sp³-hybridized carbons (Fsp3) is 0.286. The zero-order chi connectivity index (χ0) is 20.7. The normalized spacial score (nSPS) is 11.7. The molecule has 0 amide bonds. The van der Waals surface area contributed by atoms with Crippen molar-refractivity contribution in [2.24, 2.45) is 0 Å². The fourth-order valence-electron chi connectivity index (χ4n) is 2.76. The minimum absolute atomic E-state index is 0.206. The molecule has 3 nitrogen and oxygen atoms in total. The molecule has 150 valence electrons. The highest BCUT2D eigenvalue weighted by Gasteiger charge is 2.13. The molecule has 0 aliphatic heterocycles. The zero-order valence-electron chi connectivity index (χ0n) is 15.9. The van der Waals surface area contributed by atoms with E-state index < -0.39 is 0 Å². The molecule has 1 atom stereocenters. The van der Waals surface area contributed by atoms with Crippen molar-refractivity contribution in [3.8, 4) is 5.75 Å². The molecule has 2 aromatic carbocycles. The summed E-state index contributed by atoms with van der Waals surface area (Å²) in [5.74, 6) is 0.993. The van der Waals surface area contributed by atoms with E-state index in [1.807, 2.05) is 24.3 Å². The first kappa shape index (κ1) is 23.5. The van der Waals surface area contributed by atoms with E-state index in [0.29, 0.717) is 28.8 Å². The third-order valence-electron chi connectivity index (χ3n) is 4.21. The van der Waals surface area contributed by atoms with Gasteiger partial charge < -0.3 is 9.26 Å². The summed E-state index contributed by atoms with van der Waals surface area (Å²) in [5.41, 5.74) is 4.03. The van der Waals surface area contributed by atoms with Crippen molar-refractivity contribution < 1.29 is 14.1 Å². The van der Waals surface area contributed by atoms with Gasteiger partial charge in [0.1, 0.15) is 12.2 Å². The quantitative estimate of drug-likeness (QED) is 0.193. The molecule has 0 aliphatic rings. The summed E-state index contributed by atoms with van der Waals surface area (Å²) in [6, 6.07) is 9.94. The maximum absolute atomic E-state index is 11.2. The van der Waals surface area contributed by atoms with E-state index in [0.717, 1.165) is 22.4 Å². The van der Waals surface area contributed by atoms with Gasteiger partial charge in [-0.3, -0.25) is 4.79 Å². The second-order valence-corrected chi connectivity index (χ2v) is 9.02. The van der Waals surface area contributed by atoms with E-state index in [1.165, 1.54) is 12.7 Å². The Morgan fingerprint density at radius 3 is 2.46 bits per heavy atom. The van der Waals surface area contributed by atoms with Crippen LogP contribution in [0.4, 0.5) is 0 Å². The van der Waals surface area contributed by atoms with Crippen LogP contribution in [-0.4, -0.2) is 13.1 Å². The molecule has 0 heterocycles. The summed E-state index contributed by atoms with van der Waals surface area (Å²) in [7, 11) is 1.37. The molecule has 0 bridgehead atoms. The van der Waals surface area contributed by atoms with Crippen molar-refractivity contribution >= 4 is 63.7 Å². The van der Waals surface area contributed by atoms with Crippen LogP contribution < -0.4 is 4.52 Å². The number of rotatable bonds is 8. The highest BCUT2D eigenvalue weighted by molar-refractivity contribution is 14.2. The van der Waals surface area contributed by atoms with E-state index in [1.54, 1.807) is 6.08 Å². The lowest BCUT2D eigenvalue weighted by Gasteiger charge is -2.15. The molecule has 0 radical (unpaired) electrons. The number of benzene rings is 2. The van der Waals surface area contributed by atoms with E-state index >= 15 is 0 Å². The Hall–Kier alpha value is -0.810. The summed E-state index contributed by atoms with van der Waals surface area (Å²) in [5, 5.41) is 1.20. The molecular formula is C21H22Cl2IO3P. The Morgan fingerprint density at radius 2 is 1.89 bits per heavy atom. The van der Waals surface area contributed by atoms with Crippen molar-refractivity contribution in [3.63, 3.8) is 0 Å². The van der Waals surface area contributed by atoms with Crippen LogP contribution in [-0.2, 0) is 16.0 Å². The molecule has 7 heteroatoms. The molecule has 0 saturated heterocycles. The van der Waals surface area contributed by atoms with Crippen molar-refractivity contribution in [3.05, 3.63) is 68.7 Å². The van der Waals surface area contributed by atoms with Crippen molar-refractivity contribution in [2.75, 3.05) is 7.11 Å². The largest absolute Gasteiger partial charge is 0.469 e. The van der Waals surface area contributed by atoms with Gasteiger partial charge in [-0.15, -0.1) is 0 Å². The molecule has 1 unspecified atom stereocenters. The molecular weight excluding hydrogens is 529 g/mol. The molecule has 0 N–H and O–H groups in total. The first-order valence-corrected chi connectivity index (χ1v) is 13.5. The van der Waals surface area contributed by atoms with Gasteiger partial charge in [-0.05, 0) is 68.4 Å². The highest BCUT2D eigenvalue weighted by Crippen LogP contribution is 2.36. The van der Waals surface area contributed by atoms with Crippen LogP contribution >= 0.6 is 51.7 Å². The van der Waals surface area contributed by atoms with Crippen LogP contribution in [0.25, 0.3) is 6.08 Å². The third kappa shape index (κ3) is 6.62. The highest BCUT2D eigenvalue weighted by atomic mass is 127. The van der Waals surface area contributed by atoms with Crippen molar-refractivity contribution in [2.45, 2.75) is 32.6 Å². The minimum Gasteiger partial charge on any atom is -0.469 e. The maximum Gasteiger partial charge on any atom is 0.309 e. The smallest absolute Gasteiger partial charge is 0.309 e. The number of hydrogen-bond acceptors (Lipinski definition) is 3. The lowest BCUT2D eigenvalue weighted by Crippen LogP contribution is -1.97. The predicted octanol–water partition coefficient (Wildman–Crippen LogP) is 7.61.